The lowest BCUT2D eigenvalue weighted by atomic mass is 9.49. The molecule has 174 valence electrons. The third-order valence-corrected chi connectivity index (χ3v) is 8.47. The minimum absolute atomic E-state index is 0.0758. The molecule has 1 aliphatic heterocycles. The van der Waals surface area contributed by atoms with Crippen molar-refractivity contribution in [1.29, 1.82) is 0 Å². The van der Waals surface area contributed by atoms with E-state index in [1.807, 2.05) is 36.1 Å². The number of nitrogens with zero attached hydrogens (tertiary/aromatic N) is 3. The molecule has 1 atom stereocenters. The summed E-state index contributed by atoms with van der Waals surface area (Å²) in [5.74, 6) is 2.70. The number of hydrogen-bond acceptors (Lipinski definition) is 6. The normalized spacial score (nSPS) is 32.3. The summed E-state index contributed by atoms with van der Waals surface area (Å²) in [5.41, 5.74) is 1.71. The standard InChI is InChI=1S/C26H31N3O4/c1-16-5-2-3-6-20(16)23-27-22(33-28-23)15-32-24(30)21-7-4-8-29(21)25(31)26-12-17-9-18(13-26)11-19(10-17)14-26/h2-3,5-6,17-19,21H,4,7-15H2,1H3/t17?,18?,19?,21-,26?/m0/s1. The van der Waals surface area contributed by atoms with Crippen LogP contribution in [0.5, 0.6) is 0 Å². The van der Waals surface area contributed by atoms with Crippen molar-refractivity contribution in [3.63, 3.8) is 0 Å². The fourth-order valence-electron chi connectivity index (χ4n) is 7.41. The van der Waals surface area contributed by atoms with Crippen molar-refractivity contribution < 1.29 is 18.8 Å². The largest absolute Gasteiger partial charge is 0.454 e. The van der Waals surface area contributed by atoms with Crippen molar-refractivity contribution >= 4 is 11.9 Å². The number of esters is 1. The highest BCUT2D eigenvalue weighted by molar-refractivity contribution is 5.89. The Morgan fingerprint density at radius 3 is 2.52 bits per heavy atom. The summed E-state index contributed by atoms with van der Waals surface area (Å²) in [7, 11) is 0. The minimum Gasteiger partial charge on any atom is -0.454 e. The highest BCUT2D eigenvalue weighted by Gasteiger charge is 2.57. The van der Waals surface area contributed by atoms with Gasteiger partial charge in [-0.15, -0.1) is 0 Å². The molecule has 1 amide bonds. The Bertz CT molecular complexity index is 1040. The summed E-state index contributed by atoms with van der Waals surface area (Å²) in [6.07, 6.45) is 8.44. The van der Waals surface area contributed by atoms with Gasteiger partial charge in [0.05, 0.1) is 5.41 Å². The van der Waals surface area contributed by atoms with Crippen LogP contribution >= 0.6 is 0 Å². The first kappa shape index (κ1) is 20.9. The molecule has 4 saturated carbocycles. The number of carbonyl (C=O) groups is 2. The molecule has 7 nitrogen and oxygen atoms in total. The molecule has 4 aliphatic carbocycles. The van der Waals surface area contributed by atoms with Crippen LogP contribution in [0.25, 0.3) is 11.4 Å². The van der Waals surface area contributed by atoms with Crippen LogP contribution in [0.2, 0.25) is 0 Å². The van der Waals surface area contributed by atoms with Crippen molar-refractivity contribution in [3.05, 3.63) is 35.7 Å². The third kappa shape index (κ3) is 3.65. The molecular formula is C26H31N3O4. The van der Waals surface area contributed by atoms with Crippen LogP contribution in [0, 0.1) is 30.1 Å². The van der Waals surface area contributed by atoms with Crippen molar-refractivity contribution in [1.82, 2.24) is 15.0 Å². The van der Waals surface area contributed by atoms with Crippen molar-refractivity contribution in [2.24, 2.45) is 23.2 Å². The Morgan fingerprint density at radius 1 is 1.12 bits per heavy atom. The summed E-state index contributed by atoms with van der Waals surface area (Å²) in [5, 5.41) is 4.03. The topological polar surface area (TPSA) is 85.5 Å². The zero-order valence-electron chi connectivity index (χ0n) is 19.2. The summed E-state index contributed by atoms with van der Waals surface area (Å²) in [6, 6.07) is 7.31. The minimum atomic E-state index is -0.496. The number of benzene rings is 1. The molecule has 1 aromatic heterocycles. The summed E-state index contributed by atoms with van der Waals surface area (Å²) in [6.45, 7) is 2.56. The summed E-state index contributed by atoms with van der Waals surface area (Å²) >= 11 is 0. The molecule has 7 rings (SSSR count). The van der Waals surface area contributed by atoms with E-state index in [4.69, 9.17) is 9.26 Å². The van der Waals surface area contributed by atoms with Crippen LogP contribution < -0.4 is 0 Å². The van der Waals surface area contributed by atoms with Crippen molar-refractivity contribution in [3.8, 4) is 11.4 Å². The van der Waals surface area contributed by atoms with E-state index in [0.29, 0.717) is 36.5 Å². The van der Waals surface area contributed by atoms with Crippen LogP contribution in [0.15, 0.2) is 28.8 Å². The predicted octanol–water partition coefficient (Wildman–Crippen LogP) is 4.30. The fraction of sp³-hybridized carbons (Fsp3) is 0.615. The zero-order valence-corrected chi connectivity index (χ0v) is 19.2. The fourth-order valence-corrected chi connectivity index (χ4v) is 7.41. The number of likely N-dealkylation sites (tertiary alicyclic amines) is 1. The Labute approximate surface area is 193 Å². The Kier molecular flexibility index (Phi) is 5.03. The number of ether oxygens (including phenoxy) is 1. The predicted molar refractivity (Wildman–Crippen MR) is 120 cm³/mol. The maximum Gasteiger partial charge on any atom is 0.329 e. The summed E-state index contributed by atoms with van der Waals surface area (Å²) < 4.78 is 10.9. The Hall–Kier alpha value is -2.70. The van der Waals surface area contributed by atoms with Gasteiger partial charge >= 0.3 is 5.97 Å². The van der Waals surface area contributed by atoms with Gasteiger partial charge in [-0.2, -0.15) is 4.98 Å². The van der Waals surface area contributed by atoms with E-state index in [9.17, 15) is 9.59 Å². The van der Waals surface area contributed by atoms with Gasteiger partial charge in [0.15, 0.2) is 6.61 Å². The number of hydrogen-bond donors (Lipinski definition) is 0. The first-order valence-corrected chi connectivity index (χ1v) is 12.4. The molecule has 33 heavy (non-hydrogen) atoms. The monoisotopic (exact) mass is 449 g/mol. The van der Waals surface area contributed by atoms with Crippen LogP contribution in [0.4, 0.5) is 0 Å². The number of rotatable bonds is 5. The number of amides is 1. The van der Waals surface area contributed by atoms with Crippen molar-refractivity contribution in [2.75, 3.05) is 6.54 Å². The van der Waals surface area contributed by atoms with E-state index in [0.717, 1.165) is 36.8 Å². The molecule has 5 fully saturated rings. The maximum absolute atomic E-state index is 13.8. The molecule has 1 saturated heterocycles. The molecule has 2 heterocycles. The highest BCUT2D eigenvalue weighted by Crippen LogP contribution is 2.60. The summed E-state index contributed by atoms with van der Waals surface area (Å²) in [4.78, 5) is 33.0. The maximum atomic E-state index is 13.8. The molecule has 0 unspecified atom stereocenters. The zero-order chi connectivity index (χ0) is 22.6. The third-order valence-electron chi connectivity index (χ3n) is 8.47. The number of carbonyl (C=O) groups excluding carboxylic acids is 2. The van der Waals surface area contributed by atoms with Crippen molar-refractivity contribution in [2.45, 2.75) is 70.9 Å². The van der Waals surface area contributed by atoms with Gasteiger partial charge in [-0.1, -0.05) is 29.4 Å². The van der Waals surface area contributed by atoms with Gasteiger partial charge in [0, 0.05) is 12.1 Å². The highest BCUT2D eigenvalue weighted by atomic mass is 16.6. The second-order valence-electron chi connectivity index (χ2n) is 10.8. The second-order valence-corrected chi connectivity index (χ2v) is 10.8. The molecular weight excluding hydrogens is 418 g/mol. The molecule has 0 radical (unpaired) electrons. The van der Waals surface area contributed by atoms with E-state index in [1.54, 1.807) is 0 Å². The van der Waals surface area contributed by atoms with E-state index in [-0.39, 0.29) is 29.8 Å². The van der Waals surface area contributed by atoms with Gasteiger partial charge < -0.3 is 14.2 Å². The Balaban J connectivity index is 1.12. The molecule has 2 aromatic rings. The van der Waals surface area contributed by atoms with Crippen LogP contribution in [-0.2, 0) is 20.9 Å². The lowest BCUT2D eigenvalue weighted by molar-refractivity contribution is -0.166. The number of aryl methyl sites for hydroxylation is 1. The van der Waals surface area contributed by atoms with Gasteiger partial charge in [0.1, 0.15) is 6.04 Å². The molecule has 0 spiro atoms. The molecule has 1 aromatic carbocycles. The van der Waals surface area contributed by atoms with Gasteiger partial charge in [0.25, 0.3) is 5.89 Å². The quantitative estimate of drug-likeness (QED) is 0.633. The molecule has 4 bridgehead atoms. The SMILES string of the molecule is Cc1ccccc1-c1noc(COC(=O)[C@@H]2CCCN2C(=O)C23CC4CC(CC(C4)C2)C3)n1. The lowest BCUT2D eigenvalue weighted by Gasteiger charge is -2.56. The van der Waals surface area contributed by atoms with E-state index in [1.165, 1.54) is 19.3 Å². The van der Waals surface area contributed by atoms with Crippen LogP contribution in [0.1, 0.15) is 62.8 Å². The first-order valence-electron chi connectivity index (χ1n) is 12.4. The van der Waals surface area contributed by atoms with Crippen LogP contribution in [0.3, 0.4) is 0 Å². The van der Waals surface area contributed by atoms with E-state index < -0.39 is 6.04 Å². The van der Waals surface area contributed by atoms with Gasteiger partial charge in [-0.3, -0.25) is 4.79 Å². The first-order chi connectivity index (χ1) is 16.0. The Morgan fingerprint density at radius 2 is 1.82 bits per heavy atom. The molecule has 5 aliphatic rings. The van der Waals surface area contributed by atoms with Gasteiger partial charge in [-0.25, -0.2) is 4.79 Å². The van der Waals surface area contributed by atoms with Gasteiger partial charge in [0.2, 0.25) is 11.7 Å². The molecule has 0 N–H and O–H groups in total. The average Bonchev–Trinajstić information content (AvgIpc) is 3.46. The average molecular weight is 450 g/mol. The second kappa shape index (κ2) is 7.96. The lowest BCUT2D eigenvalue weighted by Crippen LogP contribution is -2.56. The van der Waals surface area contributed by atoms with E-state index >= 15 is 0 Å². The van der Waals surface area contributed by atoms with Gasteiger partial charge in [-0.05, 0) is 81.6 Å². The number of aromatic nitrogens is 2. The smallest absolute Gasteiger partial charge is 0.329 e. The van der Waals surface area contributed by atoms with Crippen LogP contribution in [-0.4, -0.2) is 39.5 Å². The van der Waals surface area contributed by atoms with E-state index in [2.05, 4.69) is 10.1 Å². The molecule has 7 heteroatoms.